The summed E-state index contributed by atoms with van der Waals surface area (Å²) in [6.07, 6.45) is -0.713. The third-order valence-electron chi connectivity index (χ3n) is 4.30. The van der Waals surface area contributed by atoms with Gasteiger partial charge >= 0.3 is 6.18 Å². The Morgan fingerprint density at radius 2 is 2.09 bits per heavy atom. The van der Waals surface area contributed by atoms with E-state index in [0.29, 0.717) is 12.6 Å². The number of alkyl halides is 3. The van der Waals surface area contributed by atoms with Crippen LogP contribution in [0.15, 0.2) is 17.1 Å². The Bertz CT molecular complexity index is 652. The van der Waals surface area contributed by atoms with Crippen LogP contribution in [0, 0.1) is 5.92 Å². The molecule has 2 fully saturated rings. The molecule has 1 saturated carbocycles. The highest BCUT2D eigenvalue weighted by atomic mass is 19.4. The Kier molecular flexibility index (Phi) is 4.18. The normalized spacial score (nSPS) is 22.3. The number of hydrogen-bond donors (Lipinski definition) is 2. The first-order chi connectivity index (χ1) is 10.8. The Balaban J connectivity index is 1.67. The number of carbonyl (C=O) groups excluding carboxylic acids is 1. The average Bonchev–Trinajstić information content (AvgIpc) is 3.17. The van der Waals surface area contributed by atoms with Gasteiger partial charge in [-0.1, -0.05) is 0 Å². The predicted octanol–water partition coefficient (Wildman–Crippen LogP) is 1.61. The van der Waals surface area contributed by atoms with Gasteiger partial charge in [0.05, 0.1) is 11.1 Å². The Labute approximate surface area is 130 Å². The maximum Gasteiger partial charge on any atom is 0.417 e. The molecule has 1 aromatic heterocycles. The average molecular weight is 329 g/mol. The summed E-state index contributed by atoms with van der Waals surface area (Å²) in [5, 5.41) is 2.65. The molecule has 8 heteroatoms. The Morgan fingerprint density at radius 1 is 1.35 bits per heavy atom. The molecule has 1 amide bonds. The molecule has 2 aliphatic rings. The van der Waals surface area contributed by atoms with Crippen molar-refractivity contribution in [1.82, 2.24) is 15.2 Å². The Hall–Kier alpha value is -1.83. The van der Waals surface area contributed by atoms with E-state index in [1.165, 1.54) is 12.8 Å². The third-order valence-corrected chi connectivity index (χ3v) is 4.30. The van der Waals surface area contributed by atoms with Crippen molar-refractivity contribution in [2.45, 2.75) is 31.5 Å². The summed E-state index contributed by atoms with van der Waals surface area (Å²) in [7, 11) is 0. The topological polar surface area (TPSA) is 65.2 Å². The summed E-state index contributed by atoms with van der Waals surface area (Å²) in [5.74, 6) is -0.0627. The van der Waals surface area contributed by atoms with Crippen molar-refractivity contribution in [3.05, 3.63) is 33.7 Å². The quantitative estimate of drug-likeness (QED) is 0.882. The van der Waals surface area contributed by atoms with Crippen molar-refractivity contribution in [3.8, 4) is 0 Å². The van der Waals surface area contributed by atoms with E-state index in [2.05, 4.69) is 15.2 Å². The second-order valence-corrected chi connectivity index (χ2v) is 6.28. The highest BCUT2D eigenvalue weighted by molar-refractivity contribution is 5.95. The first kappa shape index (κ1) is 16.0. The highest BCUT2D eigenvalue weighted by Gasteiger charge is 2.37. The number of halogens is 3. The van der Waals surface area contributed by atoms with Crippen molar-refractivity contribution in [2.24, 2.45) is 5.92 Å². The lowest BCUT2D eigenvalue weighted by molar-refractivity contribution is -0.138. The number of carbonyl (C=O) groups is 1. The molecule has 3 rings (SSSR count). The number of amides is 1. The van der Waals surface area contributed by atoms with E-state index in [-0.39, 0.29) is 6.04 Å². The molecule has 1 unspecified atom stereocenters. The monoisotopic (exact) mass is 329 g/mol. The van der Waals surface area contributed by atoms with Gasteiger partial charge in [0.15, 0.2) is 0 Å². The van der Waals surface area contributed by atoms with Crippen molar-refractivity contribution in [3.63, 3.8) is 0 Å². The van der Waals surface area contributed by atoms with Crippen LogP contribution >= 0.6 is 0 Å². The third kappa shape index (κ3) is 3.93. The van der Waals surface area contributed by atoms with Crippen LogP contribution in [0.1, 0.15) is 35.2 Å². The molecule has 0 bridgehead atoms. The van der Waals surface area contributed by atoms with Crippen molar-refractivity contribution in [1.29, 1.82) is 0 Å². The minimum absolute atomic E-state index is 0.158. The number of hydrogen-bond acceptors (Lipinski definition) is 3. The van der Waals surface area contributed by atoms with Gasteiger partial charge in [-0.25, -0.2) is 0 Å². The molecule has 0 spiro atoms. The number of pyridine rings is 1. The van der Waals surface area contributed by atoms with Gasteiger partial charge < -0.3 is 15.2 Å². The second-order valence-electron chi connectivity index (χ2n) is 6.28. The van der Waals surface area contributed by atoms with Crippen LogP contribution < -0.4 is 10.9 Å². The molecule has 0 aromatic carbocycles. The maximum absolute atomic E-state index is 13.0. The molecule has 2 heterocycles. The second kappa shape index (κ2) is 5.99. The number of likely N-dealkylation sites (tertiary alicyclic amines) is 1. The van der Waals surface area contributed by atoms with E-state index >= 15 is 0 Å². The molecule has 2 N–H and O–H groups in total. The SMILES string of the molecule is O=C(NC1CCN(CC2CC2)C1)c1c[nH]c(=O)cc1C(F)(F)F. The van der Waals surface area contributed by atoms with Gasteiger partial charge in [-0.15, -0.1) is 0 Å². The van der Waals surface area contributed by atoms with Gasteiger partial charge in [0.1, 0.15) is 0 Å². The van der Waals surface area contributed by atoms with Crippen molar-refractivity contribution >= 4 is 5.91 Å². The fourth-order valence-electron chi connectivity index (χ4n) is 2.94. The number of H-pyrrole nitrogens is 1. The fraction of sp³-hybridized carbons (Fsp3) is 0.600. The minimum atomic E-state index is -4.74. The molecular formula is C15H18F3N3O2. The zero-order valence-electron chi connectivity index (χ0n) is 12.4. The van der Waals surface area contributed by atoms with Crippen LogP contribution in [0.25, 0.3) is 0 Å². The van der Waals surface area contributed by atoms with Gasteiger partial charge in [0, 0.05) is 37.9 Å². The summed E-state index contributed by atoms with van der Waals surface area (Å²) in [4.78, 5) is 27.7. The number of aromatic amines is 1. The summed E-state index contributed by atoms with van der Waals surface area (Å²) in [6.45, 7) is 2.50. The van der Waals surface area contributed by atoms with E-state index < -0.39 is 28.8 Å². The number of nitrogens with one attached hydrogen (secondary N) is 2. The molecule has 1 aliphatic carbocycles. The minimum Gasteiger partial charge on any atom is -0.348 e. The maximum atomic E-state index is 13.0. The van der Waals surface area contributed by atoms with Crippen LogP contribution in [-0.4, -0.2) is 41.5 Å². The zero-order valence-corrected chi connectivity index (χ0v) is 12.4. The lowest BCUT2D eigenvalue weighted by Crippen LogP contribution is -2.38. The van der Waals surface area contributed by atoms with Gasteiger partial charge in [-0.2, -0.15) is 13.2 Å². The smallest absolute Gasteiger partial charge is 0.348 e. The van der Waals surface area contributed by atoms with E-state index in [1.54, 1.807) is 0 Å². The zero-order chi connectivity index (χ0) is 16.6. The largest absolute Gasteiger partial charge is 0.417 e. The molecule has 5 nitrogen and oxygen atoms in total. The standard InChI is InChI=1S/C15H18F3N3O2/c16-15(17,18)12-5-13(22)19-6-11(12)14(23)20-10-3-4-21(8-10)7-9-1-2-9/h5-6,9-10H,1-4,7-8H2,(H,19,22)(H,20,23). The highest BCUT2D eigenvalue weighted by Crippen LogP contribution is 2.32. The van der Waals surface area contributed by atoms with Crippen LogP contribution in [0.3, 0.4) is 0 Å². The first-order valence-electron chi connectivity index (χ1n) is 7.66. The predicted molar refractivity (Wildman–Crippen MR) is 77.1 cm³/mol. The summed E-state index contributed by atoms with van der Waals surface area (Å²) >= 11 is 0. The van der Waals surface area contributed by atoms with Gasteiger partial charge in [0.25, 0.3) is 5.91 Å². The molecular weight excluding hydrogens is 311 g/mol. The summed E-state index contributed by atoms with van der Waals surface area (Å²) in [6, 6.07) is 0.262. The summed E-state index contributed by atoms with van der Waals surface area (Å²) in [5.41, 5.74) is -2.63. The van der Waals surface area contributed by atoms with Gasteiger partial charge in [-0.05, 0) is 25.2 Å². The molecule has 1 aliphatic heterocycles. The van der Waals surface area contributed by atoms with E-state index in [4.69, 9.17) is 0 Å². The molecule has 126 valence electrons. The Morgan fingerprint density at radius 3 is 2.74 bits per heavy atom. The molecule has 1 aromatic rings. The van der Waals surface area contributed by atoms with E-state index in [9.17, 15) is 22.8 Å². The number of rotatable bonds is 4. The fourth-order valence-corrected chi connectivity index (χ4v) is 2.94. The molecule has 1 atom stereocenters. The van der Waals surface area contributed by atoms with Gasteiger partial charge in [0.2, 0.25) is 5.56 Å². The number of nitrogens with zero attached hydrogens (tertiary/aromatic N) is 1. The number of aromatic nitrogens is 1. The van der Waals surface area contributed by atoms with E-state index in [1.807, 2.05) is 0 Å². The molecule has 23 heavy (non-hydrogen) atoms. The lowest BCUT2D eigenvalue weighted by atomic mass is 10.1. The van der Waals surface area contributed by atoms with E-state index in [0.717, 1.165) is 31.6 Å². The summed E-state index contributed by atoms with van der Waals surface area (Å²) < 4.78 is 38.9. The van der Waals surface area contributed by atoms with Gasteiger partial charge in [-0.3, -0.25) is 9.59 Å². The lowest BCUT2D eigenvalue weighted by Gasteiger charge is -2.17. The van der Waals surface area contributed by atoms with Crippen molar-refractivity contribution in [2.75, 3.05) is 19.6 Å². The molecule has 0 radical (unpaired) electrons. The first-order valence-corrected chi connectivity index (χ1v) is 7.66. The molecule has 1 saturated heterocycles. The van der Waals surface area contributed by atoms with Crippen LogP contribution in [0.2, 0.25) is 0 Å². The van der Waals surface area contributed by atoms with Crippen LogP contribution in [0.4, 0.5) is 13.2 Å². The van der Waals surface area contributed by atoms with Crippen LogP contribution in [-0.2, 0) is 6.18 Å². The van der Waals surface area contributed by atoms with Crippen molar-refractivity contribution < 1.29 is 18.0 Å². The van der Waals surface area contributed by atoms with Crippen LogP contribution in [0.5, 0.6) is 0 Å².